The van der Waals surface area contributed by atoms with Gasteiger partial charge in [-0.1, -0.05) is 66.0 Å². The minimum absolute atomic E-state index is 0. The van der Waals surface area contributed by atoms with Crippen molar-refractivity contribution < 1.29 is 30.0 Å². The van der Waals surface area contributed by atoms with Crippen LogP contribution in [-0.2, 0) is 20.1 Å². The van der Waals surface area contributed by atoms with E-state index < -0.39 is 5.97 Å². The van der Waals surface area contributed by atoms with Crippen LogP contribution in [0.1, 0.15) is 10.5 Å². The second-order valence-corrected chi connectivity index (χ2v) is 6.41. The smallest absolute Gasteiger partial charge is 0.354 e. The fraction of sp³-hybridized carbons (Fsp3) is 0. The Morgan fingerprint density at radius 2 is 1.40 bits per heavy atom. The first-order valence-corrected chi connectivity index (χ1v) is 9.11. The second kappa shape index (κ2) is 9.88. The van der Waals surface area contributed by atoms with Crippen LogP contribution in [0.25, 0.3) is 32.8 Å². The van der Waals surface area contributed by atoms with Gasteiger partial charge in [-0.3, -0.25) is 0 Å². The van der Waals surface area contributed by atoms with E-state index in [4.69, 9.17) is 5.11 Å². The summed E-state index contributed by atoms with van der Waals surface area (Å²) in [6.45, 7) is 0. The Balaban J connectivity index is 0.000000169. The van der Waals surface area contributed by atoms with Gasteiger partial charge in [-0.15, -0.1) is 29.1 Å². The van der Waals surface area contributed by atoms with Gasteiger partial charge in [0, 0.05) is 37.9 Å². The molecule has 0 aliphatic heterocycles. The molecule has 0 aliphatic rings. The van der Waals surface area contributed by atoms with E-state index in [9.17, 15) is 4.79 Å². The summed E-state index contributed by atoms with van der Waals surface area (Å²) in [6.07, 6.45) is 3.37. The minimum atomic E-state index is -0.995. The summed E-state index contributed by atoms with van der Waals surface area (Å²) in [5.74, 6) is -0.995. The van der Waals surface area contributed by atoms with Crippen LogP contribution in [0.4, 0.5) is 0 Å². The number of hydrogen-bond donors (Lipinski definition) is 1. The molecule has 1 radical (unpaired) electrons. The largest absolute Gasteiger partial charge is 0.477 e. The van der Waals surface area contributed by atoms with Gasteiger partial charge in [0.1, 0.15) is 5.69 Å². The van der Waals surface area contributed by atoms with E-state index in [0.717, 1.165) is 22.0 Å². The fourth-order valence-electron chi connectivity index (χ4n) is 3.00. The average molecular weight is 570 g/mol. The molecule has 0 saturated heterocycles. The van der Waals surface area contributed by atoms with Gasteiger partial charge in [0.15, 0.2) is 0 Å². The molecule has 0 fully saturated rings. The molecule has 5 aromatic rings. The maximum Gasteiger partial charge on any atom is 0.354 e. The van der Waals surface area contributed by atoms with E-state index in [1.54, 1.807) is 18.5 Å². The quantitative estimate of drug-likeness (QED) is 0.280. The molecule has 0 bridgehead atoms. The predicted molar refractivity (Wildman–Crippen MR) is 115 cm³/mol. The van der Waals surface area contributed by atoms with Crippen LogP contribution in [0, 0.1) is 6.07 Å². The van der Waals surface area contributed by atoms with Gasteiger partial charge in [-0.05, 0) is 23.2 Å². The van der Waals surface area contributed by atoms with Gasteiger partial charge >= 0.3 is 5.97 Å². The molecule has 149 valence electrons. The van der Waals surface area contributed by atoms with Crippen LogP contribution >= 0.6 is 0 Å². The normalized spacial score (nSPS) is 10.0. The summed E-state index contributed by atoms with van der Waals surface area (Å²) in [4.78, 5) is 18.7. The van der Waals surface area contributed by atoms with Gasteiger partial charge in [-0.2, -0.15) is 0 Å². The van der Waals surface area contributed by atoms with Gasteiger partial charge in [-0.25, -0.2) is 9.78 Å². The van der Waals surface area contributed by atoms with E-state index in [2.05, 4.69) is 34.2 Å². The number of hydrogen-bond acceptors (Lipinski definition) is 3. The Labute approximate surface area is 187 Å². The van der Waals surface area contributed by atoms with E-state index in [1.807, 2.05) is 60.7 Å². The number of carbonyl (C=O) groups is 1. The van der Waals surface area contributed by atoms with Gasteiger partial charge in [0.25, 0.3) is 0 Å². The Morgan fingerprint density at radius 1 is 0.767 bits per heavy atom. The molecule has 0 aliphatic carbocycles. The molecule has 3 aromatic carbocycles. The third-order valence-electron chi connectivity index (χ3n) is 4.47. The van der Waals surface area contributed by atoms with Crippen molar-refractivity contribution in [3.63, 3.8) is 0 Å². The zero-order chi connectivity index (χ0) is 20.1. The number of aromatic carboxylic acids is 1. The van der Waals surface area contributed by atoms with E-state index in [-0.39, 0.29) is 25.8 Å². The summed E-state index contributed by atoms with van der Waals surface area (Å²) >= 11 is 0. The Hall–Kier alpha value is -3.40. The molecule has 30 heavy (non-hydrogen) atoms. The van der Waals surface area contributed by atoms with Gasteiger partial charge in [0.05, 0.1) is 0 Å². The first-order chi connectivity index (χ1) is 14.2. The average Bonchev–Trinajstić information content (AvgIpc) is 2.79. The minimum Gasteiger partial charge on any atom is -0.477 e. The van der Waals surface area contributed by atoms with Crippen molar-refractivity contribution in [2.45, 2.75) is 0 Å². The molecule has 4 nitrogen and oxygen atoms in total. The molecular weight excluding hydrogens is 553 g/mol. The number of carboxylic acid groups (broad SMARTS) is 1. The number of fused-ring (bicyclic) bond motifs is 2. The summed E-state index contributed by atoms with van der Waals surface area (Å²) < 4.78 is 0. The Morgan fingerprint density at radius 3 is 2.07 bits per heavy atom. The van der Waals surface area contributed by atoms with Crippen LogP contribution in [0.5, 0.6) is 0 Å². The molecule has 5 heteroatoms. The van der Waals surface area contributed by atoms with Crippen LogP contribution in [0.3, 0.4) is 0 Å². The van der Waals surface area contributed by atoms with Crippen molar-refractivity contribution in [2.24, 2.45) is 0 Å². The zero-order valence-electron chi connectivity index (χ0n) is 15.8. The molecule has 0 saturated carbocycles. The first-order valence-electron chi connectivity index (χ1n) is 9.11. The molecule has 2 aromatic heterocycles. The van der Waals surface area contributed by atoms with E-state index >= 15 is 0 Å². The summed E-state index contributed by atoms with van der Waals surface area (Å²) in [6, 6.07) is 30.7. The van der Waals surface area contributed by atoms with Crippen LogP contribution in [0.2, 0.25) is 0 Å². The molecular formula is C25H17IrN2O2-. The van der Waals surface area contributed by atoms with Crippen molar-refractivity contribution in [1.82, 2.24) is 9.97 Å². The predicted octanol–water partition coefficient (Wildman–Crippen LogP) is 5.63. The first kappa shape index (κ1) is 21.3. The van der Waals surface area contributed by atoms with Crippen LogP contribution < -0.4 is 0 Å². The van der Waals surface area contributed by atoms with Crippen molar-refractivity contribution in [3.05, 3.63) is 109 Å². The summed E-state index contributed by atoms with van der Waals surface area (Å²) in [7, 11) is 0. The number of rotatable bonds is 2. The SMILES string of the molecule is O=C(O)c1cc2ccccc2cn1.[Ir].[c-]1cc2ccccc2cc1-c1ccccn1. The number of benzene rings is 3. The van der Waals surface area contributed by atoms with Crippen molar-refractivity contribution in [1.29, 1.82) is 0 Å². The van der Waals surface area contributed by atoms with Crippen molar-refractivity contribution >= 4 is 27.5 Å². The molecule has 2 heterocycles. The van der Waals surface area contributed by atoms with Gasteiger partial charge in [0.2, 0.25) is 0 Å². The number of carboxylic acids is 1. The van der Waals surface area contributed by atoms with Crippen LogP contribution in [0.15, 0.2) is 97.3 Å². The maximum atomic E-state index is 10.6. The van der Waals surface area contributed by atoms with E-state index in [0.29, 0.717) is 0 Å². The number of nitrogens with zero attached hydrogens (tertiary/aromatic N) is 2. The molecule has 1 N–H and O–H groups in total. The summed E-state index contributed by atoms with van der Waals surface area (Å²) in [5, 5.41) is 13.0. The standard InChI is InChI=1S/C15H10N.C10H7NO2.Ir/c1-2-6-13-11-14(9-8-12(13)5-1)15-7-3-4-10-16-15;12-10(13)9-5-7-3-1-2-4-8(7)6-11-9;/h1-8,10-11H;1-6H,(H,12,13);/q-1;;. The zero-order valence-corrected chi connectivity index (χ0v) is 18.2. The van der Waals surface area contributed by atoms with Crippen molar-refractivity contribution in [3.8, 4) is 11.3 Å². The topological polar surface area (TPSA) is 63.1 Å². The summed E-state index contributed by atoms with van der Waals surface area (Å²) in [5.41, 5.74) is 2.09. The monoisotopic (exact) mass is 570 g/mol. The third-order valence-corrected chi connectivity index (χ3v) is 4.47. The number of aromatic nitrogens is 2. The third kappa shape index (κ3) is 4.95. The molecule has 0 amide bonds. The number of pyridine rings is 2. The molecule has 5 rings (SSSR count). The Bertz CT molecular complexity index is 1290. The van der Waals surface area contributed by atoms with Gasteiger partial charge < -0.3 is 10.1 Å². The van der Waals surface area contributed by atoms with Crippen LogP contribution in [-0.4, -0.2) is 21.0 Å². The molecule has 0 unspecified atom stereocenters. The maximum absolute atomic E-state index is 10.6. The molecule has 0 atom stereocenters. The fourth-order valence-corrected chi connectivity index (χ4v) is 3.00. The van der Waals surface area contributed by atoms with E-state index in [1.165, 1.54) is 10.8 Å². The second-order valence-electron chi connectivity index (χ2n) is 6.41. The Kier molecular flexibility index (Phi) is 7.02. The molecule has 0 spiro atoms. The van der Waals surface area contributed by atoms with Crippen molar-refractivity contribution in [2.75, 3.05) is 0 Å².